The molecule has 0 aliphatic carbocycles. The van der Waals surface area contributed by atoms with Crippen molar-refractivity contribution in [1.29, 1.82) is 0 Å². The van der Waals surface area contributed by atoms with E-state index < -0.39 is 0 Å². The fourth-order valence-corrected chi connectivity index (χ4v) is 4.64. The van der Waals surface area contributed by atoms with E-state index in [0.29, 0.717) is 11.6 Å². The van der Waals surface area contributed by atoms with Crippen molar-refractivity contribution in [2.24, 2.45) is 0 Å². The number of piperidine rings is 1. The molecule has 0 saturated carbocycles. The van der Waals surface area contributed by atoms with E-state index in [4.69, 9.17) is 11.6 Å². The molecule has 1 aromatic carbocycles. The van der Waals surface area contributed by atoms with Gasteiger partial charge in [-0.1, -0.05) is 17.7 Å². The zero-order valence-corrected chi connectivity index (χ0v) is 15.5. The lowest BCUT2D eigenvalue weighted by molar-refractivity contribution is -0.139. The molecule has 2 aliphatic rings. The minimum Gasteiger partial charge on any atom is -0.348 e. The maximum Gasteiger partial charge on any atom is 0.220 e. The third-order valence-electron chi connectivity index (χ3n) is 5.73. The molecule has 1 amide bonds. The van der Waals surface area contributed by atoms with Crippen LogP contribution in [0.5, 0.6) is 0 Å². The molecule has 0 radical (unpaired) electrons. The fourth-order valence-electron chi connectivity index (χ4n) is 4.42. The Morgan fingerprint density at radius 2 is 2.12 bits per heavy atom. The summed E-state index contributed by atoms with van der Waals surface area (Å²) in [6.07, 6.45) is 4.23. The molecule has 138 valence electrons. The molecular weight excluding hydrogens is 355 g/mol. The van der Waals surface area contributed by atoms with Crippen LogP contribution in [0, 0.1) is 5.82 Å². The van der Waals surface area contributed by atoms with Gasteiger partial charge in [-0.25, -0.2) is 9.37 Å². The van der Waals surface area contributed by atoms with Crippen LogP contribution in [0.4, 0.5) is 4.39 Å². The molecule has 0 atom stereocenters. The number of rotatable bonds is 2. The molecule has 1 spiro atoms. The lowest BCUT2D eigenvalue weighted by Gasteiger charge is -2.50. The first-order valence-corrected chi connectivity index (χ1v) is 9.34. The third-order valence-corrected chi connectivity index (χ3v) is 6.09. The van der Waals surface area contributed by atoms with Crippen LogP contribution < -0.4 is 0 Å². The Morgan fingerprint density at radius 1 is 1.35 bits per heavy atom. The highest BCUT2D eigenvalue weighted by molar-refractivity contribution is 6.31. The summed E-state index contributed by atoms with van der Waals surface area (Å²) in [5.74, 6) is -0.213. The number of H-pyrrole nitrogens is 1. The second-order valence-corrected chi connectivity index (χ2v) is 7.60. The number of benzene rings is 1. The molecule has 0 bridgehead atoms. The predicted octanol–water partition coefficient (Wildman–Crippen LogP) is 3.10. The van der Waals surface area contributed by atoms with E-state index in [1.807, 2.05) is 4.90 Å². The first-order valence-electron chi connectivity index (χ1n) is 8.97. The average molecular weight is 377 g/mol. The average Bonchev–Trinajstić information content (AvgIpc) is 3.09. The zero-order chi connectivity index (χ0) is 18.3. The molecular formula is C19H22ClFN4O. The highest BCUT2D eigenvalue weighted by Gasteiger charge is 2.47. The molecule has 0 unspecified atom stereocenters. The van der Waals surface area contributed by atoms with Gasteiger partial charge in [0.05, 0.1) is 17.6 Å². The second kappa shape index (κ2) is 6.67. The highest BCUT2D eigenvalue weighted by Crippen LogP contribution is 2.42. The van der Waals surface area contributed by atoms with Crippen molar-refractivity contribution in [2.45, 2.75) is 38.3 Å². The molecule has 7 heteroatoms. The normalized spacial score (nSPS) is 19.6. The number of aromatic nitrogens is 2. The zero-order valence-electron chi connectivity index (χ0n) is 14.8. The second-order valence-electron chi connectivity index (χ2n) is 7.19. The number of amides is 1. The number of likely N-dealkylation sites (tertiary alicyclic amines) is 1. The van der Waals surface area contributed by atoms with Gasteiger partial charge in [0.15, 0.2) is 0 Å². The lowest BCUT2D eigenvalue weighted by atomic mass is 9.78. The summed E-state index contributed by atoms with van der Waals surface area (Å²) in [6, 6.07) is 4.55. The van der Waals surface area contributed by atoms with Crippen molar-refractivity contribution >= 4 is 17.5 Å². The number of hydrogen-bond acceptors (Lipinski definition) is 3. The van der Waals surface area contributed by atoms with Gasteiger partial charge in [-0.2, -0.15) is 0 Å². The monoisotopic (exact) mass is 376 g/mol. The molecule has 3 heterocycles. The van der Waals surface area contributed by atoms with E-state index >= 15 is 0 Å². The topological polar surface area (TPSA) is 52.2 Å². The van der Waals surface area contributed by atoms with Gasteiger partial charge in [-0.3, -0.25) is 9.69 Å². The van der Waals surface area contributed by atoms with Crippen LogP contribution in [0.25, 0.3) is 0 Å². The molecule has 1 aromatic heterocycles. The van der Waals surface area contributed by atoms with Crippen molar-refractivity contribution < 1.29 is 9.18 Å². The molecule has 2 aromatic rings. The Labute approximate surface area is 157 Å². The molecule has 5 nitrogen and oxygen atoms in total. The summed E-state index contributed by atoms with van der Waals surface area (Å²) in [5.41, 5.74) is 2.79. The van der Waals surface area contributed by atoms with E-state index in [9.17, 15) is 9.18 Å². The van der Waals surface area contributed by atoms with Crippen molar-refractivity contribution in [1.82, 2.24) is 19.8 Å². The Kier molecular flexibility index (Phi) is 4.49. The molecule has 1 fully saturated rings. The van der Waals surface area contributed by atoms with Crippen molar-refractivity contribution in [3.63, 3.8) is 0 Å². The number of nitrogens with one attached hydrogen (secondary N) is 1. The summed E-state index contributed by atoms with van der Waals surface area (Å²) >= 11 is 6.17. The predicted molar refractivity (Wildman–Crippen MR) is 97.3 cm³/mol. The van der Waals surface area contributed by atoms with Gasteiger partial charge >= 0.3 is 0 Å². The van der Waals surface area contributed by atoms with Gasteiger partial charge < -0.3 is 9.88 Å². The largest absolute Gasteiger partial charge is 0.348 e. The van der Waals surface area contributed by atoms with E-state index in [2.05, 4.69) is 14.9 Å². The number of aromatic amines is 1. The lowest BCUT2D eigenvalue weighted by Crippen LogP contribution is -2.57. The van der Waals surface area contributed by atoms with Crippen LogP contribution in [0.1, 0.15) is 36.7 Å². The number of hydrogen-bond donors (Lipinski definition) is 1. The van der Waals surface area contributed by atoms with Crippen LogP contribution in [-0.2, 0) is 23.3 Å². The van der Waals surface area contributed by atoms with Crippen molar-refractivity contribution in [2.75, 3.05) is 19.6 Å². The van der Waals surface area contributed by atoms with Gasteiger partial charge in [0.25, 0.3) is 0 Å². The Hall–Kier alpha value is -1.92. The number of nitrogens with zero attached hydrogens (tertiary/aromatic N) is 3. The Bertz CT molecular complexity index is 829. The summed E-state index contributed by atoms with van der Waals surface area (Å²) in [6.45, 7) is 4.73. The molecule has 2 aliphatic heterocycles. The van der Waals surface area contributed by atoms with E-state index in [0.717, 1.165) is 55.8 Å². The SMILES string of the molecule is CC(=O)N1CCc2[nH]cnc2C12CCN(Cc1ccc(F)cc1Cl)CC2. The fraction of sp³-hybridized carbons (Fsp3) is 0.474. The van der Waals surface area contributed by atoms with Crippen molar-refractivity contribution in [3.8, 4) is 0 Å². The van der Waals surface area contributed by atoms with Crippen LogP contribution in [-0.4, -0.2) is 45.3 Å². The maximum absolute atomic E-state index is 13.2. The molecule has 1 N–H and O–H groups in total. The van der Waals surface area contributed by atoms with Gasteiger partial charge in [0.2, 0.25) is 5.91 Å². The number of carbonyl (C=O) groups excluding carboxylic acids is 1. The summed E-state index contributed by atoms with van der Waals surface area (Å²) in [7, 11) is 0. The van der Waals surface area contributed by atoms with Crippen LogP contribution in [0.15, 0.2) is 24.5 Å². The maximum atomic E-state index is 13.2. The number of fused-ring (bicyclic) bond motifs is 2. The third kappa shape index (κ3) is 2.91. The summed E-state index contributed by atoms with van der Waals surface area (Å²) < 4.78 is 13.2. The van der Waals surface area contributed by atoms with Gasteiger partial charge in [0, 0.05) is 50.2 Å². The van der Waals surface area contributed by atoms with Crippen LogP contribution in [0.2, 0.25) is 5.02 Å². The Morgan fingerprint density at radius 3 is 2.81 bits per heavy atom. The first kappa shape index (κ1) is 17.5. The minimum atomic E-state index is -0.318. The van der Waals surface area contributed by atoms with E-state index in [-0.39, 0.29) is 17.3 Å². The van der Waals surface area contributed by atoms with Gasteiger partial charge in [0.1, 0.15) is 5.82 Å². The first-order chi connectivity index (χ1) is 12.5. The summed E-state index contributed by atoms with van der Waals surface area (Å²) in [4.78, 5) is 24.4. The van der Waals surface area contributed by atoms with E-state index in [1.54, 1.807) is 19.3 Å². The minimum absolute atomic E-state index is 0.105. The van der Waals surface area contributed by atoms with Crippen LogP contribution >= 0.6 is 11.6 Å². The number of imidazole rings is 1. The van der Waals surface area contributed by atoms with Gasteiger partial charge in [-0.05, 0) is 30.5 Å². The molecule has 26 heavy (non-hydrogen) atoms. The quantitative estimate of drug-likeness (QED) is 0.876. The van der Waals surface area contributed by atoms with Crippen molar-refractivity contribution in [3.05, 3.63) is 52.3 Å². The molecule has 1 saturated heterocycles. The molecule has 4 rings (SSSR count). The summed E-state index contributed by atoms with van der Waals surface area (Å²) in [5, 5.41) is 0.461. The van der Waals surface area contributed by atoms with Gasteiger partial charge in [-0.15, -0.1) is 0 Å². The van der Waals surface area contributed by atoms with Crippen LogP contribution in [0.3, 0.4) is 0 Å². The Balaban J connectivity index is 1.54. The number of carbonyl (C=O) groups is 1. The smallest absolute Gasteiger partial charge is 0.220 e. The highest BCUT2D eigenvalue weighted by atomic mass is 35.5. The standard InChI is InChI=1S/C19H22ClFN4O/c1-13(26)25-7-4-17-18(23-12-22-17)19(25)5-8-24(9-6-19)11-14-2-3-15(21)10-16(14)20/h2-3,10,12H,4-9,11H2,1H3,(H,22,23). The number of halogens is 2. The van der Waals surface area contributed by atoms with E-state index in [1.165, 1.54) is 12.1 Å².